The fraction of sp³-hybridized carbons (Fsp3) is 0.333. The van der Waals surface area contributed by atoms with Gasteiger partial charge in [-0.3, -0.25) is 9.79 Å². The van der Waals surface area contributed by atoms with Crippen LogP contribution in [0.25, 0.3) is 0 Å². The van der Waals surface area contributed by atoms with Crippen molar-refractivity contribution in [3.8, 4) is 11.5 Å². The first-order chi connectivity index (χ1) is 13.9. The second-order valence-corrected chi connectivity index (χ2v) is 6.99. The third-order valence-corrected chi connectivity index (χ3v) is 4.94. The van der Waals surface area contributed by atoms with E-state index in [1.807, 2.05) is 18.3 Å². The molecule has 0 spiro atoms. The Morgan fingerprint density at radius 3 is 2.59 bits per heavy atom. The lowest BCUT2D eigenvalue weighted by Gasteiger charge is -2.32. The second-order valence-electron chi connectivity index (χ2n) is 6.99. The van der Waals surface area contributed by atoms with Gasteiger partial charge in [-0.05, 0) is 35.9 Å². The van der Waals surface area contributed by atoms with Crippen LogP contribution >= 0.6 is 0 Å². The molecule has 2 aliphatic rings. The van der Waals surface area contributed by atoms with E-state index in [1.54, 1.807) is 17.0 Å². The third-order valence-electron chi connectivity index (χ3n) is 4.94. The van der Waals surface area contributed by atoms with Gasteiger partial charge in [-0.1, -0.05) is 6.07 Å². The molecule has 0 unspecified atom stereocenters. The molecule has 4 rings (SSSR count). The topological polar surface area (TPSA) is 51.1 Å². The van der Waals surface area contributed by atoms with Gasteiger partial charge in [0, 0.05) is 50.2 Å². The summed E-state index contributed by atoms with van der Waals surface area (Å²) in [6.07, 6.45) is -1.14. The number of halogens is 3. The summed E-state index contributed by atoms with van der Waals surface area (Å²) >= 11 is 0. The molecule has 8 heteroatoms. The van der Waals surface area contributed by atoms with Crippen molar-refractivity contribution in [3.05, 3.63) is 53.6 Å². The number of carbonyl (C=O) groups excluding carboxylic acids is 1. The van der Waals surface area contributed by atoms with Crippen molar-refractivity contribution in [1.29, 1.82) is 0 Å². The minimum absolute atomic E-state index is 0.0290. The van der Waals surface area contributed by atoms with Crippen molar-refractivity contribution in [2.75, 3.05) is 13.1 Å². The number of amides is 1. The van der Waals surface area contributed by atoms with E-state index < -0.39 is 6.36 Å². The summed E-state index contributed by atoms with van der Waals surface area (Å²) in [6, 6.07) is 11.0. The lowest BCUT2D eigenvalue weighted by molar-refractivity contribution is -0.274. The van der Waals surface area contributed by atoms with Crippen LogP contribution in [-0.4, -0.2) is 42.6 Å². The maximum atomic E-state index is 12.8. The fourth-order valence-electron chi connectivity index (χ4n) is 3.55. The van der Waals surface area contributed by atoms with Gasteiger partial charge < -0.3 is 14.4 Å². The number of hydrogen-bond donors (Lipinski definition) is 0. The first-order valence-electron chi connectivity index (χ1n) is 9.34. The third kappa shape index (κ3) is 4.70. The molecule has 1 saturated heterocycles. The fourth-order valence-corrected chi connectivity index (χ4v) is 3.55. The van der Waals surface area contributed by atoms with Crippen LogP contribution in [0.15, 0.2) is 47.5 Å². The van der Waals surface area contributed by atoms with Gasteiger partial charge in [0.15, 0.2) is 0 Å². The predicted octanol–water partition coefficient (Wildman–Crippen LogP) is 4.53. The molecule has 1 amide bonds. The average molecular weight is 404 g/mol. The lowest BCUT2D eigenvalue weighted by atomic mass is 10.0. The highest BCUT2D eigenvalue weighted by molar-refractivity contribution is 5.95. The van der Waals surface area contributed by atoms with E-state index in [2.05, 4.69) is 9.73 Å². The van der Waals surface area contributed by atoms with Crippen LogP contribution in [0.5, 0.6) is 11.5 Å². The lowest BCUT2D eigenvalue weighted by Crippen LogP contribution is -2.41. The van der Waals surface area contributed by atoms with Crippen LogP contribution in [0.1, 0.15) is 28.8 Å². The largest absolute Gasteiger partial charge is 0.573 e. The number of piperidine rings is 1. The Labute approximate surface area is 165 Å². The standard InChI is InChI=1S/C21H19F3N2O3/c22-21(23,24)29-18-3-1-2-17(13-18)28-16-7-10-26(11-8-16)20(27)15-4-5-19-14(12-15)6-9-25-19/h1-5,9,12-13,16H,6-8,10-11H2. The zero-order valence-corrected chi connectivity index (χ0v) is 15.5. The predicted molar refractivity (Wildman–Crippen MR) is 101 cm³/mol. The van der Waals surface area contributed by atoms with Gasteiger partial charge in [0.2, 0.25) is 0 Å². The van der Waals surface area contributed by atoms with Gasteiger partial charge in [0.1, 0.15) is 17.6 Å². The molecule has 0 saturated carbocycles. The number of aliphatic imine (C=N–C) groups is 1. The van der Waals surface area contributed by atoms with E-state index in [0.717, 1.165) is 17.7 Å². The monoisotopic (exact) mass is 404 g/mol. The van der Waals surface area contributed by atoms with E-state index in [-0.39, 0.29) is 17.8 Å². The van der Waals surface area contributed by atoms with Crippen molar-refractivity contribution in [3.63, 3.8) is 0 Å². The van der Waals surface area contributed by atoms with Gasteiger partial charge in [-0.15, -0.1) is 13.2 Å². The Kier molecular flexibility index (Phi) is 5.17. The Balaban J connectivity index is 1.33. The van der Waals surface area contributed by atoms with Gasteiger partial charge in [0.25, 0.3) is 5.91 Å². The number of ether oxygens (including phenoxy) is 2. The van der Waals surface area contributed by atoms with E-state index in [4.69, 9.17) is 4.74 Å². The van der Waals surface area contributed by atoms with Crippen molar-refractivity contribution >= 4 is 17.8 Å². The number of alkyl halides is 3. The van der Waals surface area contributed by atoms with E-state index in [9.17, 15) is 18.0 Å². The molecule has 5 nitrogen and oxygen atoms in total. The quantitative estimate of drug-likeness (QED) is 0.753. The Bertz CT molecular complexity index is 935. The minimum Gasteiger partial charge on any atom is -0.490 e. The molecule has 1 fully saturated rings. The molecule has 2 aliphatic heterocycles. The SMILES string of the molecule is O=C(c1ccc2c(c1)CC=N2)N1CCC(Oc2cccc(OC(F)(F)F)c2)CC1. The molecule has 29 heavy (non-hydrogen) atoms. The molecule has 0 radical (unpaired) electrons. The van der Waals surface area contributed by atoms with Gasteiger partial charge >= 0.3 is 6.36 Å². The molecule has 2 aromatic rings. The van der Waals surface area contributed by atoms with Crippen molar-refractivity contribution in [2.45, 2.75) is 31.7 Å². The number of carbonyl (C=O) groups is 1. The number of benzene rings is 2. The summed E-state index contributed by atoms with van der Waals surface area (Å²) in [5.74, 6) is -0.0305. The van der Waals surface area contributed by atoms with Crippen LogP contribution in [0.4, 0.5) is 18.9 Å². The average Bonchev–Trinajstić information content (AvgIpc) is 3.15. The van der Waals surface area contributed by atoms with Gasteiger partial charge in [-0.2, -0.15) is 0 Å². The molecule has 0 N–H and O–H groups in total. The van der Waals surface area contributed by atoms with Gasteiger partial charge in [-0.25, -0.2) is 0 Å². The van der Waals surface area contributed by atoms with Crippen LogP contribution in [-0.2, 0) is 6.42 Å². The highest BCUT2D eigenvalue weighted by Crippen LogP contribution is 2.29. The molecule has 0 bridgehead atoms. The van der Waals surface area contributed by atoms with Crippen LogP contribution in [0.2, 0.25) is 0 Å². The number of fused-ring (bicyclic) bond motifs is 1. The molecular formula is C21H19F3N2O3. The Hall–Kier alpha value is -3.03. The number of nitrogens with zero attached hydrogens (tertiary/aromatic N) is 2. The summed E-state index contributed by atoms with van der Waals surface area (Å²) in [5.41, 5.74) is 2.60. The second kappa shape index (κ2) is 7.77. The molecular weight excluding hydrogens is 385 g/mol. The smallest absolute Gasteiger partial charge is 0.490 e. The van der Waals surface area contributed by atoms with Crippen LogP contribution in [0, 0.1) is 0 Å². The highest BCUT2D eigenvalue weighted by atomic mass is 19.4. The Morgan fingerprint density at radius 2 is 1.83 bits per heavy atom. The van der Waals surface area contributed by atoms with E-state index >= 15 is 0 Å². The highest BCUT2D eigenvalue weighted by Gasteiger charge is 2.31. The van der Waals surface area contributed by atoms with Crippen LogP contribution < -0.4 is 9.47 Å². The normalized spacial score (nSPS) is 16.6. The summed E-state index contributed by atoms with van der Waals surface area (Å²) in [7, 11) is 0. The van der Waals surface area contributed by atoms with E-state index in [0.29, 0.717) is 37.2 Å². The number of hydrogen-bond acceptors (Lipinski definition) is 4. The first kappa shape index (κ1) is 19.3. The summed E-state index contributed by atoms with van der Waals surface area (Å²) in [5, 5.41) is 0. The molecule has 152 valence electrons. The summed E-state index contributed by atoms with van der Waals surface area (Å²) in [6.45, 7) is 1.05. The maximum Gasteiger partial charge on any atom is 0.573 e. The van der Waals surface area contributed by atoms with Gasteiger partial charge in [0.05, 0.1) is 5.69 Å². The van der Waals surface area contributed by atoms with Crippen molar-refractivity contribution in [1.82, 2.24) is 4.90 Å². The zero-order chi connectivity index (χ0) is 20.4. The van der Waals surface area contributed by atoms with Crippen LogP contribution in [0.3, 0.4) is 0 Å². The Morgan fingerprint density at radius 1 is 1.07 bits per heavy atom. The first-order valence-corrected chi connectivity index (χ1v) is 9.34. The summed E-state index contributed by atoms with van der Waals surface area (Å²) < 4.78 is 46.8. The number of rotatable bonds is 4. The summed E-state index contributed by atoms with van der Waals surface area (Å²) in [4.78, 5) is 18.8. The van der Waals surface area contributed by atoms with E-state index in [1.165, 1.54) is 18.2 Å². The number of likely N-dealkylation sites (tertiary alicyclic amines) is 1. The minimum atomic E-state index is -4.74. The van der Waals surface area contributed by atoms with Crippen molar-refractivity contribution in [2.24, 2.45) is 4.99 Å². The molecule has 0 aromatic heterocycles. The molecule has 2 heterocycles. The molecule has 0 aliphatic carbocycles. The molecule has 2 aromatic carbocycles. The zero-order valence-electron chi connectivity index (χ0n) is 15.5. The maximum absolute atomic E-state index is 12.8. The molecule has 0 atom stereocenters. The van der Waals surface area contributed by atoms with Crippen molar-refractivity contribution < 1.29 is 27.4 Å².